The smallest absolute Gasteiger partial charge is 0.272 e. The molecule has 3 N–H and O–H groups in total. The molecule has 1 fully saturated rings. The SMILES string of the molecule is CC(C)C[C@H](C(=O)N1CCN(c2ccc(C(C)(C)C)cc2)C[C@H]1C)[C@H](O)C(=O)NO. The van der Waals surface area contributed by atoms with E-state index in [2.05, 4.69) is 49.9 Å². The summed E-state index contributed by atoms with van der Waals surface area (Å²) in [5, 5.41) is 19.2. The number of hydrogen-bond acceptors (Lipinski definition) is 5. The van der Waals surface area contributed by atoms with Gasteiger partial charge in [-0.3, -0.25) is 14.8 Å². The van der Waals surface area contributed by atoms with E-state index in [-0.39, 0.29) is 23.3 Å². The molecule has 0 aliphatic carbocycles. The van der Waals surface area contributed by atoms with Gasteiger partial charge in [0.1, 0.15) is 6.10 Å². The molecule has 0 unspecified atom stereocenters. The normalized spacial score (nSPS) is 19.6. The van der Waals surface area contributed by atoms with Crippen LogP contribution in [0.4, 0.5) is 5.69 Å². The number of amides is 2. The van der Waals surface area contributed by atoms with Crippen molar-refractivity contribution in [2.75, 3.05) is 24.5 Å². The monoisotopic (exact) mass is 419 g/mol. The van der Waals surface area contributed by atoms with Crippen molar-refractivity contribution in [3.05, 3.63) is 29.8 Å². The molecule has 0 spiro atoms. The minimum Gasteiger partial charge on any atom is -0.382 e. The number of carbonyl (C=O) groups excluding carboxylic acids is 2. The van der Waals surface area contributed by atoms with Gasteiger partial charge in [0, 0.05) is 31.4 Å². The molecule has 0 bridgehead atoms. The number of carbonyl (C=O) groups is 2. The molecular weight excluding hydrogens is 382 g/mol. The van der Waals surface area contributed by atoms with Crippen molar-refractivity contribution in [3.63, 3.8) is 0 Å². The lowest BCUT2D eigenvalue weighted by Crippen LogP contribution is -2.57. The molecular formula is C23H37N3O4. The first kappa shape index (κ1) is 24.2. The summed E-state index contributed by atoms with van der Waals surface area (Å²) < 4.78 is 0. The maximum absolute atomic E-state index is 13.2. The predicted molar refractivity (Wildman–Crippen MR) is 117 cm³/mol. The second-order valence-corrected chi connectivity index (χ2v) is 9.78. The first-order valence-corrected chi connectivity index (χ1v) is 10.7. The zero-order valence-corrected chi connectivity index (χ0v) is 19.1. The number of aliphatic hydroxyl groups is 1. The van der Waals surface area contributed by atoms with Crippen LogP contribution in [0.5, 0.6) is 0 Å². The van der Waals surface area contributed by atoms with Crippen LogP contribution in [-0.4, -0.2) is 58.8 Å². The number of nitrogens with zero attached hydrogens (tertiary/aromatic N) is 2. The van der Waals surface area contributed by atoms with Gasteiger partial charge >= 0.3 is 0 Å². The molecule has 1 heterocycles. The summed E-state index contributed by atoms with van der Waals surface area (Å²) in [5.74, 6) is -1.94. The average Bonchev–Trinajstić information content (AvgIpc) is 2.69. The molecule has 1 aromatic rings. The van der Waals surface area contributed by atoms with Gasteiger partial charge in [-0.2, -0.15) is 0 Å². The molecule has 0 radical (unpaired) electrons. The largest absolute Gasteiger partial charge is 0.382 e. The van der Waals surface area contributed by atoms with Crippen molar-refractivity contribution >= 4 is 17.5 Å². The molecule has 1 saturated heterocycles. The van der Waals surface area contributed by atoms with E-state index >= 15 is 0 Å². The quantitative estimate of drug-likeness (QED) is 0.487. The van der Waals surface area contributed by atoms with E-state index in [9.17, 15) is 14.7 Å². The highest BCUT2D eigenvalue weighted by Gasteiger charge is 2.38. The van der Waals surface area contributed by atoms with Crippen LogP contribution in [0.2, 0.25) is 0 Å². The van der Waals surface area contributed by atoms with Gasteiger partial charge in [-0.1, -0.05) is 46.8 Å². The maximum atomic E-state index is 13.2. The molecule has 168 valence electrons. The summed E-state index contributed by atoms with van der Waals surface area (Å²) in [6, 6.07) is 8.50. The van der Waals surface area contributed by atoms with Gasteiger partial charge in [0.2, 0.25) is 5.91 Å². The first-order valence-electron chi connectivity index (χ1n) is 10.7. The van der Waals surface area contributed by atoms with Crippen molar-refractivity contribution in [1.29, 1.82) is 0 Å². The first-order chi connectivity index (χ1) is 14.0. The molecule has 1 aromatic carbocycles. The molecule has 0 aromatic heterocycles. The summed E-state index contributed by atoms with van der Waals surface area (Å²) in [7, 11) is 0. The molecule has 7 nitrogen and oxygen atoms in total. The number of benzene rings is 1. The number of nitrogens with one attached hydrogen (secondary N) is 1. The Morgan fingerprint density at radius 1 is 1.17 bits per heavy atom. The summed E-state index contributed by atoms with van der Waals surface area (Å²) in [5.41, 5.74) is 3.97. The van der Waals surface area contributed by atoms with Crippen molar-refractivity contribution in [1.82, 2.24) is 10.4 Å². The Kier molecular flexibility index (Phi) is 7.88. The Morgan fingerprint density at radius 2 is 1.77 bits per heavy atom. The molecule has 30 heavy (non-hydrogen) atoms. The molecule has 3 atom stereocenters. The van der Waals surface area contributed by atoms with Gasteiger partial charge in [-0.25, -0.2) is 5.48 Å². The van der Waals surface area contributed by atoms with Gasteiger partial charge in [-0.15, -0.1) is 0 Å². The third kappa shape index (κ3) is 5.73. The fourth-order valence-electron chi connectivity index (χ4n) is 4.03. The summed E-state index contributed by atoms with van der Waals surface area (Å²) in [6.45, 7) is 14.3. The van der Waals surface area contributed by atoms with Crippen molar-refractivity contribution < 1.29 is 19.9 Å². The van der Waals surface area contributed by atoms with Crippen molar-refractivity contribution in [2.45, 2.75) is 65.5 Å². The zero-order chi connectivity index (χ0) is 22.6. The molecule has 2 rings (SSSR count). The molecule has 1 aliphatic rings. The highest BCUT2D eigenvalue weighted by Crippen LogP contribution is 2.27. The number of aliphatic hydroxyl groups excluding tert-OH is 1. The van der Waals surface area contributed by atoms with Gasteiger partial charge in [-0.05, 0) is 42.4 Å². The Bertz CT molecular complexity index is 727. The minimum atomic E-state index is -1.57. The van der Waals surface area contributed by atoms with Crippen molar-refractivity contribution in [2.24, 2.45) is 11.8 Å². The fraction of sp³-hybridized carbons (Fsp3) is 0.652. The molecule has 1 aliphatic heterocycles. The van der Waals surface area contributed by atoms with Gasteiger partial charge in [0.05, 0.1) is 5.92 Å². The van der Waals surface area contributed by atoms with Gasteiger partial charge < -0.3 is 14.9 Å². The topological polar surface area (TPSA) is 93.1 Å². The number of hydrogen-bond donors (Lipinski definition) is 3. The van der Waals surface area contributed by atoms with Gasteiger partial charge in [0.15, 0.2) is 0 Å². The van der Waals surface area contributed by atoms with Crippen LogP contribution in [0, 0.1) is 11.8 Å². The second kappa shape index (κ2) is 9.79. The lowest BCUT2D eigenvalue weighted by molar-refractivity contribution is -0.152. The van der Waals surface area contributed by atoms with E-state index in [1.165, 1.54) is 11.0 Å². The molecule has 7 heteroatoms. The van der Waals surface area contributed by atoms with E-state index in [1.54, 1.807) is 4.90 Å². The Balaban J connectivity index is 2.11. The third-order valence-electron chi connectivity index (χ3n) is 5.81. The lowest BCUT2D eigenvalue weighted by Gasteiger charge is -2.43. The number of hydroxylamine groups is 1. The van der Waals surface area contributed by atoms with Crippen LogP contribution >= 0.6 is 0 Å². The summed E-state index contributed by atoms with van der Waals surface area (Å²) >= 11 is 0. The van der Waals surface area contributed by atoms with Gasteiger partial charge in [0.25, 0.3) is 5.91 Å². The Morgan fingerprint density at radius 3 is 2.23 bits per heavy atom. The third-order valence-corrected chi connectivity index (χ3v) is 5.81. The van der Waals surface area contributed by atoms with Crippen LogP contribution in [0.3, 0.4) is 0 Å². The number of piperazine rings is 1. The summed E-state index contributed by atoms with van der Waals surface area (Å²) in [6.07, 6.45) is -1.20. The standard InChI is InChI=1S/C23H37N3O4/c1-15(2)13-19(20(27)21(28)24-30)22(29)26-12-11-25(14-16(26)3)18-9-7-17(8-10-18)23(4,5)6/h7-10,15-16,19-20,27,30H,11-14H2,1-6H3,(H,24,28)/t16-,19+,20+/m1/s1. The molecule has 0 saturated carbocycles. The van der Waals surface area contributed by atoms with E-state index in [0.29, 0.717) is 26.1 Å². The van der Waals surface area contributed by atoms with Crippen LogP contribution in [0.1, 0.15) is 53.5 Å². The zero-order valence-electron chi connectivity index (χ0n) is 19.1. The van der Waals surface area contributed by atoms with Crippen molar-refractivity contribution in [3.8, 4) is 0 Å². The minimum absolute atomic E-state index is 0.0624. The Hall–Kier alpha value is -2.12. The highest BCUT2D eigenvalue weighted by molar-refractivity contribution is 5.89. The predicted octanol–water partition coefficient (Wildman–Crippen LogP) is 2.55. The van der Waals surface area contributed by atoms with Crippen LogP contribution in [-0.2, 0) is 15.0 Å². The maximum Gasteiger partial charge on any atom is 0.272 e. The Labute approximate surface area is 180 Å². The fourth-order valence-corrected chi connectivity index (χ4v) is 4.03. The van der Waals surface area contributed by atoms with E-state index in [0.717, 1.165) is 5.69 Å². The number of anilines is 1. The van der Waals surface area contributed by atoms with Crippen LogP contribution in [0.25, 0.3) is 0 Å². The van der Waals surface area contributed by atoms with Crippen LogP contribution < -0.4 is 10.4 Å². The summed E-state index contributed by atoms with van der Waals surface area (Å²) in [4.78, 5) is 28.9. The average molecular weight is 420 g/mol. The van der Waals surface area contributed by atoms with E-state index in [1.807, 2.05) is 20.8 Å². The lowest BCUT2D eigenvalue weighted by atomic mass is 9.87. The van der Waals surface area contributed by atoms with Crippen LogP contribution in [0.15, 0.2) is 24.3 Å². The second-order valence-electron chi connectivity index (χ2n) is 9.78. The highest BCUT2D eigenvalue weighted by atomic mass is 16.5. The van der Waals surface area contributed by atoms with E-state index < -0.39 is 17.9 Å². The van der Waals surface area contributed by atoms with E-state index in [4.69, 9.17) is 5.21 Å². The number of rotatable bonds is 6. The molecule has 2 amide bonds.